The van der Waals surface area contributed by atoms with Crippen molar-refractivity contribution in [3.63, 3.8) is 0 Å². The number of halogens is 1. The van der Waals surface area contributed by atoms with Gasteiger partial charge in [0.05, 0.1) is 6.42 Å². The molecular weight excluding hydrogens is 230 g/mol. The maximum Gasteiger partial charge on any atom is 0.321 e. The Bertz CT molecular complexity index is 173. The summed E-state index contributed by atoms with van der Waals surface area (Å²) in [5.74, 6) is -1.80. The number of carbonyl (C=O) groups is 2. The van der Waals surface area contributed by atoms with Gasteiger partial charge in [0.25, 0.3) is 0 Å². The molecule has 0 fully saturated rings. The molecule has 0 aliphatic carbocycles. The number of nitrogens with two attached hydrogens (primary N) is 1. The molecule has 0 aliphatic rings. The Morgan fingerprint density at radius 2 is 2.17 bits per heavy atom. The predicted molar refractivity (Wildman–Crippen MR) is 45.0 cm³/mol. The van der Waals surface area contributed by atoms with Gasteiger partial charge in [-0.25, -0.2) is 0 Å². The van der Waals surface area contributed by atoms with Crippen LogP contribution in [0.15, 0.2) is 0 Å². The van der Waals surface area contributed by atoms with Crippen LogP contribution in [0.2, 0.25) is 0 Å². The number of carboxylic acids is 1. The Hall–Kier alpha value is -0.620. The predicted octanol–water partition coefficient (Wildman–Crippen LogP) is -0.274. The van der Waals surface area contributed by atoms with E-state index in [1.807, 2.05) is 0 Å². The molecule has 0 amide bonds. The number of ether oxygens (including phenoxy) is 1. The van der Waals surface area contributed by atoms with Gasteiger partial charge in [0, 0.05) is 5.33 Å². The van der Waals surface area contributed by atoms with E-state index >= 15 is 0 Å². The summed E-state index contributed by atoms with van der Waals surface area (Å²) in [6, 6.07) is -1.17. The van der Waals surface area contributed by atoms with Crippen LogP contribution >= 0.6 is 15.9 Å². The van der Waals surface area contributed by atoms with Gasteiger partial charge in [-0.3, -0.25) is 9.59 Å². The number of carboxylic acid groups (broad SMARTS) is 1. The molecular formula is C6H10BrNO4. The van der Waals surface area contributed by atoms with E-state index in [4.69, 9.17) is 10.8 Å². The van der Waals surface area contributed by atoms with Crippen molar-refractivity contribution in [3.05, 3.63) is 0 Å². The van der Waals surface area contributed by atoms with Gasteiger partial charge in [-0.05, 0) is 0 Å². The number of esters is 1. The van der Waals surface area contributed by atoms with Crippen LogP contribution in [0.4, 0.5) is 0 Å². The first-order valence-electron chi connectivity index (χ1n) is 3.28. The lowest BCUT2D eigenvalue weighted by molar-refractivity contribution is -0.148. The summed E-state index contributed by atoms with van der Waals surface area (Å²) in [6.45, 7) is 0.227. The van der Waals surface area contributed by atoms with Crippen molar-refractivity contribution in [2.45, 2.75) is 12.5 Å². The standard InChI is InChI=1S/C6H10BrNO4/c7-1-2-12-5(9)3-4(8)6(10)11/h4H,1-3,8H2,(H,10,11)/t4-/m0/s1. The van der Waals surface area contributed by atoms with Crippen molar-refractivity contribution < 1.29 is 19.4 Å². The molecule has 0 spiro atoms. The van der Waals surface area contributed by atoms with E-state index in [1.165, 1.54) is 0 Å². The number of rotatable bonds is 5. The molecule has 6 heteroatoms. The van der Waals surface area contributed by atoms with Crippen molar-refractivity contribution >= 4 is 27.9 Å². The van der Waals surface area contributed by atoms with Crippen LogP contribution in [0, 0.1) is 0 Å². The molecule has 1 atom stereocenters. The van der Waals surface area contributed by atoms with Crippen LogP contribution in [0.25, 0.3) is 0 Å². The number of hydrogen-bond donors (Lipinski definition) is 2. The topological polar surface area (TPSA) is 89.6 Å². The smallest absolute Gasteiger partial charge is 0.321 e. The third-order valence-electron chi connectivity index (χ3n) is 1.04. The fourth-order valence-electron chi connectivity index (χ4n) is 0.478. The lowest BCUT2D eigenvalue weighted by atomic mass is 10.2. The Morgan fingerprint density at radius 3 is 2.58 bits per heavy atom. The molecule has 0 heterocycles. The van der Waals surface area contributed by atoms with Gasteiger partial charge in [-0.15, -0.1) is 0 Å². The Labute approximate surface area is 78.0 Å². The highest BCUT2D eigenvalue weighted by molar-refractivity contribution is 9.09. The van der Waals surface area contributed by atoms with Gasteiger partial charge >= 0.3 is 11.9 Å². The Kier molecular flexibility index (Phi) is 5.65. The lowest BCUT2D eigenvalue weighted by Crippen LogP contribution is -2.33. The Balaban J connectivity index is 3.61. The Morgan fingerprint density at radius 1 is 1.58 bits per heavy atom. The van der Waals surface area contributed by atoms with Crippen molar-refractivity contribution in [2.24, 2.45) is 5.73 Å². The van der Waals surface area contributed by atoms with Crippen molar-refractivity contribution in [3.8, 4) is 0 Å². The monoisotopic (exact) mass is 239 g/mol. The highest BCUT2D eigenvalue weighted by Crippen LogP contribution is 1.93. The molecule has 0 radical (unpaired) electrons. The highest BCUT2D eigenvalue weighted by Gasteiger charge is 2.16. The molecule has 12 heavy (non-hydrogen) atoms. The van der Waals surface area contributed by atoms with Crippen LogP contribution in [0.1, 0.15) is 6.42 Å². The summed E-state index contributed by atoms with van der Waals surface area (Å²) in [7, 11) is 0. The van der Waals surface area contributed by atoms with Gasteiger partial charge in [0.2, 0.25) is 0 Å². The van der Waals surface area contributed by atoms with Crippen LogP contribution in [-0.2, 0) is 14.3 Å². The minimum atomic E-state index is -1.20. The molecule has 5 nitrogen and oxygen atoms in total. The maximum atomic E-state index is 10.7. The minimum Gasteiger partial charge on any atom is -0.480 e. The van der Waals surface area contributed by atoms with E-state index in [9.17, 15) is 9.59 Å². The summed E-state index contributed by atoms with van der Waals surface area (Å²) < 4.78 is 4.58. The minimum absolute atomic E-state index is 0.227. The number of aliphatic carboxylic acids is 1. The number of hydrogen-bond acceptors (Lipinski definition) is 4. The van der Waals surface area contributed by atoms with Crippen molar-refractivity contribution in [2.75, 3.05) is 11.9 Å². The molecule has 0 saturated carbocycles. The molecule has 70 valence electrons. The van der Waals surface area contributed by atoms with E-state index in [2.05, 4.69) is 20.7 Å². The fourth-order valence-corrected chi connectivity index (χ4v) is 0.640. The molecule has 0 bridgehead atoms. The van der Waals surface area contributed by atoms with Crippen molar-refractivity contribution in [1.82, 2.24) is 0 Å². The normalized spacial score (nSPS) is 12.2. The van der Waals surface area contributed by atoms with Crippen molar-refractivity contribution in [1.29, 1.82) is 0 Å². The largest absolute Gasteiger partial charge is 0.480 e. The first kappa shape index (κ1) is 11.4. The van der Waals surface area contributed by atoms with Crippen LogP contribution in [-0.4, -0.2) is 35.0 Å². The van der Waals surface area contributed by atoms with E-state index in [0.717, 1.165) is 0 Å². The quantitative estimate of drug-likeness (QED) is 0.509. The van der Waals surface area contributed by atoms with Gasteiger partial charge in [-0.1, -0.05) is 15.9 Å². The first-order valence-corrected chi connectivity index (χ1v) is 4.40. The SMILES string of the molecule is N[C@@H](CC(=O)OCCBr)C(=O)O. The second kappa shape index (κ2) is 5.96. The second-order valence-electron chi connectivity index (χ2n) is 2.06. The van der Waals surface area contributed by atoms with Crippen LogP contribution in [0.5, 0.6) is 0 Å². The molecule has 0 saturated heterocycles. The van der Waals surface area contributed by atoms with Crippen LogP contribution in [0.3, 0.4) is 0 Å². The number of carbonyl (C=O) groups excluding carboxylic acids is 1. The van der Waals surface area contributed by atoms with E-state index in [0.29, 0.717) is 5.33 Å². The van der Waals surface area contributed by atoms with Gasteiger partial charge in [0.15, 0.2) is 0 Å². The lowest BCUT2D eigenvalue weighted by Gasteiger charge is -2.05. The summed E-state index contributed by atoms with van der Waals surface area (Å²) in [5, 5.41) is 8.84. The second-order valence-corrected chi connectivity index (χ2v) is 2.85. The average molecular weight is 240 g/mol. The van der Waals surface area contributed by atoms with E-state index in [1.54, 1.807) is 0 Å². The average Bonchev–Trinajstić information content (AvgIpc) is 2.00. The number of alkyl halides is 1. The maximum absolute atomic E-state index is 10.7. The van der Waals surface area contributed by atoms with Gasteiger partial charge in [-0.2, -0.15) is 0 Å². The first-order chi connectivity index (χ1) is 5.57. The third-order valence-corrected chi connectivity index (χ3v) is 1.37. The van der Waals surface area contributed by atoms with E-state index in [-0.39, 0.29) is 13.0 Å². The molecule has 0 aromatic rings. The van der Waals surface area contributed by atoms with Gasteiger partial charge in [0.1, 0.15) is 12.6 Å². The van der Waals surface area contributed by atoms with Crippen LogP contribution < -0.4 is 5.73 Å². The van der Waals surface area contributed by atoms with Gasteiger partial charge < -0.3 is 15.6 Å². The highest BCUT2D eigenvalue weighted by atomic mass is 79.9. The summed E-state index contributed by atoms with van der Waals surface area (Å²) >= 11 is 3.05. The zero-order chi connectivity index (χ0) is 9.56. The molecule has 0 rings (SSSR count). The molecule has 0 aromatic carbocycles. The third kappa shape index (κ3) is 5.09. The summed E-state index contributed by atoms with van der Waals surface area (Å²) in [4.78, 5) is 20.9. The fraction of sp³-hybridized carbons (Fsp3) is 0.667. The molecule has 0 aliphatic heterocycles. The molecule has 0 aromatic heterocycles. The van der Waals surface area contributed by atoms with E-state index < -0.39 is 18.0 Å². The summed E-state index contributed by atoms with van der Waals surface area (Å²) in [6.07, 6.45) is -0.289. The zero-order valence-electron chi connectivity index (χ0n) is 6.33. The zero-order valence-corrected chi connectivity index (χ0v) is 7.91. The molecule has 0 unspecified atom stereocenters. The molecule has 3 N–H and O–H groups in total. The summed E-state index contributed by atoms with van der Waals surface area (Å²) in [5.41, 5.74) is 5.08.